The van der Waals surface area contributed by atoms with Crippen LogP contribution in [0.25, 0.3) is 5.65 Å². The maximum atomic E-state index is 6.14. The van der Waals surface area contributed by atoms with Crippen LogP contribution in [-0.2, 0) is 0 Å². The van der Waals surface area contributed by atoms with Gasteiger partial charge in [-0.05, 0) is 32.3 Å². The summed E-state index contributed by atoms with van der Waals surface area (Å²) in [6, 6.07) is 0. The van der Waals surface area contributed by atoms with Gasteiger partial charge < -0.3 is 0 Å². The molecule has 0 atom stereocenters. The molecule has 2 heterocycles. The van der Waals surface area contributed by atoms with Gasteiger partial charge in [-0.3, -0.25) is 0 Å². The fourth-order valence-electron chi connectivity index (χ4n) is 2.55. The summed E-state index contributed by atoms with van der Waals surface area (Å²) in [5, 5.41) is 13.5. The Labute approximate surface area is 105 Å². The van der Waals surface area contributed by atoms with Gasteiger partial charge in [0, 0.05) is 11.5 Å². The number of hydrogen-bond acceptors (Lipinski definition) is 3. The van der Waals surface area contributed by atoms with E-state index in [-0.39, 0.29) is 0 Å². The molecule has 0 aromatic carbocycles. The van der Waals surface area contributed by atoms with Crippen LogP contribution in [0, 0.1) is 13.8 Å². The zero-order valence-electron chi connectivity index (χ0n) is 10.1. The van der Waals surface area contributed by atoms with Gasteiger partial charge in [0.05, 0.1) is 0 Å². The van der Waals surface area contributed by atoms with E-state index < -0.39 is 0 Å². The molecular formula is C12H15ClN4. The summed E-state index contributed by atoms with van der Waals surface area (Å²) in [4.78, 5) is 0. The molecule has 0 saturated heterocycles. The van der Waals surface area contributed by atoms with Crippen LogP contribution in [0.2, 0.25) is 5.15 Å². The van der Waals surface area contributed by atoms with E-state index in [9.17, 15) is 0 Å². The van der Waals surface area contributed by atoms with Gasteiger partial charge in [-0.25, -0.2) is 0 Å². The quantitative estimate of drug-likeness (QED) is 0.781. The lowest BCUT2D eigenvalue weighted by atomic mass is 10.1. The van der Waals surface area contributed by atoms with Crippen LogP contribution in [0.15, 0.2) is 0 Å². The van der Waals surface area contributed by atoms with E-state index in [1.54, 1.807) is 0 Å². The van der Waals surface area contributed by atoms with Crippen molar-refractivity contribution >= 4 is 17.2 Å². The Morgan fingerprint density at radius 2 is 1.82 bits per heavy atom. The topological polar surface area (TPSA) is 43.1 Å². The maximum absolute atomic E-state index is 6.14. The van der Waals surface area contributed by atoms with Crippen molar-refractivity contribution in [3.05, 3.63) is 22.1 Å². The molecule has 1 fully saturated rings. The molecule has 3 rings (SSSR count). The average Bonchev–Trinajstić information content (AvgIpc) is 2.93. The first-order valence-corrected chi connectivity index (χ1v) is 6.44. The summed E-state index contributed by atoms with van der Waals surface area (Å²) in [5.41, 5.74) is 2.90. The Balaban J connectivity index is 2.21. The van der Waals surface area contributed by atoms with Gasteiger partial charge in [-0.15, -0.1) is 10.2 Å². The number of nitrogens with zero attached hydrogens (tertiary/aromatic N) is 4. The number of aryl methyl sites for hydroxylation is 1. The molecule has 4 nitrogen and oxygen atoms in total. The van der Waals surface area contributed by atoms with Gasteiger partial charge in [0.1, 0.15) is 0 Å². The molecule has 1 saturated carbocycles. The first-order valence-electron chi connectivity index (χ1n) is 6.06. The number of hydrogen-bond donors (Lipinski definition) is 0. The lowest BCUT2D eigenvalue weighted by molar-refractivity contribution is 0.638. The lowest BCUT2D eigenvalue weighted by Gasteiger charge is -2.08. The van der Waals surface area contributed by atoms with E-state index in [0.717, 1.165) is 22.6 Å². The molecule has 0 unspecified atom stereocenters. The summed E-state index contributed by atoms with van der Waals surface area (Å²) in [6.07, 6.45) is 4.93. The van der Waals surface area contributed by atoms with Crippen LogP contribution in [0.5, 0.6) is 0 Å². The molecule has 0 radical (unpaired) electrons. The van der Waals surface area contributed by atoms with Gasteiger partial charge in [-0.1, -0.05) is 24.4 Å². The SMILES string of the molecule is Cc1c(Cl)nn2c(C3CCCC3)nnc2c1C. The second-order valence-corrected chi connectivity index (χ2v) is 5.17. The van der Waals surface area contributed by atoms with Crippen molar-refractivity contribution in [2.75, 3.05) is 0 Å². The van der Waals surface area contributed by atoms with Gasteiger partial charge in [0.2, 0.25) is 0 Å². The number of aromatic nitrogens is 4. The number of rotatable bonds is 1. The van der Waals surface area contributed by atoms with E-state index >= 15 is 0 Å². The highest BCUT2D eigenvalue weighted by atomic mass is 35.5. The first-order chi connectivity index (χ1) is 8.18. The predicted molar refractivity (Wildman–Crippen MR) is 66.5 cm³/mol. The largest absolute Gasteiger partial charge is 0.195 e. The molecule has 1 aliphatic carbocycles. The van der Waals surface area contributed by atoms with Crippen LogP contribution in [0.1, 0.15) is 48.6 Å². The highest BCUT2D eigenvalue weighted by molar-refractivity contribution is 6.30. The molecule has 0 aliphatic heterocycles. The first kappa shape index (κ1) is 11.0. The van der Waals surface area contributed by atoms with Crippen LogP contribution in [0.4, 0.5) is 0 Å². The molecule has 0 spiro atoms. The summed E-state index contributed by atoms with van der Waals surface area (Å²) >= 11 is 6.14. The third-order valence-electron chi connectivity index (χ3n) is 3.78. The van der Waals surface area contributed by atoms with E-state index in [0.29, 0.717) is 11.1 Å². The van der Waals surface area contributed by atoms with Crippen molar-refractivity contribution < 1.29 is 0 Å². The fraction of sp³-hybridized carbons (Fsp3) is 0.583. The van der Waals surface area contributed by atoms with Crippen molar-refractivity contribution in [1.29, 1.82) is 0 Å². The molecule has 90 valence electrons. The molecular weight excluding hydrogens is 236 g/mol. The van der Waals surface area contributed by atoms with E-state index in [4.69, 9.17) is 11.6 Å². The smallest absolute Gasteiger partial charge is 0.181 e. The molecule has 2 aromatic rings. The molecule has 5 heteroatoms. The molecule has 0 N–H and O–H groups in total. The summed E-state index contributed by atoms with van der Waals surface area (Å²) < 4.78 is 1.83. The maximum Gasteiger partial charge on any atom is 0.181 e. The summed E-state index contributed by atoms with van der Waals surface area (Å²) in [7, 11) is 0. The Morgan fingerprint density at radius 3 is 2.53 bits per heavy atom. The summed E-state index contributed by atoms with van der Waals surface area (Å²) in [5.74, 6) is 1.47. The van der Waals surface area contributed by atoms with Crippen LogP contribution in [0.3, 0.4) is 0 Å². The molecule has 2 aromatic heterocycles. The van der Waals surface area contributed by atoms with Crippen molar-refractivity contribution in [3.63, 3.8) is 0 Å². The predicted octanol–water partition coefficient (Wildman–Crippen LogP) is 3.05. The third kappa shape index (κ3) is 1.62. The van der Waals surface area contributed by atoms with Crippen molar-refractivity contribution in [1.82, 2.24) is 19.8 Å². The monoisotopic (exact) mass is 250 g/mol. The Kier molecular flexibility index (Phi) is 2.54. The highest BCUT2D eigenvalue weighted by Gasteiger charge is 2.24. The van der Waals surface area contributed by atoms with Gasteiger partial charge in [0.25, 0.3) is 0 Å². The minimum Gasteiger partial charge on any atom is -0.195 e. The highest BCUT2D eigenvalue weighted by Crippen LogP contribution is 2.33. The van der Waals surface area contributed by atoms with Crippen molar-refractivity contribution in [2.45, 2.75) is 45.4 Å². The molecule has 0 amide bonds. The van der Waals surface area contributed by atoms with Crippen LogP contribution >= 0.6 is 11.6 Å². The zero-order chi connectivity index (χ0) is 12.0. The van der Waals surface area contributed by atoms with E-state index in [2.05, 4.69) is 15.3 Å². The minimum absolute atomic E-state index is 0.496. The number of fused-ring (bicyclic) bond motifs is 1. The van der Waals surface area contributed by atoms with Gasteiger partial charge in [0.15, 0.2) is 16.6 Å². The fourth-order valence-corrected chi connectivity index (χ4v) is 2.77. The minimum atomic E-state index is 0.496. The van der Waals surface area contributed by atoms with Crippen molar-refractivity contribution in [2.24, 2.45) is 0 Å². The lowest BCUT2D eigenvalue weighted by Crippen LogP contribution is -2.05. The zero-order valence-corrected chi connectivity index (χ0v) is 10.8. The molecule has 1 aliphatic rings. The van der Waals surface area contributed by atoms with E-state index in [1.165, 1.54) is 25.7 Å². The Hall–Kier alpha value is -1.16. The van der Waals surface area contributed by atoms with Gasteiger partial charge in [-0.2, -0.15) is 9.61 Å². The second kappa shape index (κ2) is 3.95. The molecule has 0 bridgehead atoms. The second-order valence-electron chi connectivity index (χ2n) is 4.82. The summed E-state index contributed by atoms with van der Waals surface area (Å²) in [6.45, 7) is 3.99. The Bertz CT molecular complexity index is 569. The standard InChI is InChI=1S/C12H15ClN4/c1-7-8(2)11-14-15-12(9-5-3-4-6-9)17(11)16-10(7)13/h9H,3-6H2,1-2H3. The Morgan fingerprint density at radius 1 is 1.12 bits per heavy atom. The van der Waals surface area contributed by atoms with Crippen LogP contribution < -0.4 is 0 Å². The third-order valence-corrected chi connectivity index (χ3v) is 4.14. The van der Waals surface area contributed by atoms with Crippen LogP contribution in [-0.4, -0.2) is 19.8 Å². The van der Waals surface area contributed by atoms with E-state index in [1.807, 2.05) is 18.4 Å². The normalized spacial score (nSPS) is 17.1. The molecule has 17 heavy (non-hydrogen) atoms. The van der Waals surface area contributed by atoms with Crippen molar-refractivity contribution in [3.8, 4) is 0 Å². The van der Waals surface area contributed by atoms with Gasteiger partial charge >= 0.3 is 0 Å². The number of halogens is 1. The average molecular weight is 251 g/mol.